The lowest BCUT2D eigenvalue weighted by molar-refractivity contribution is -0.122. The lowest BCUT2D eigenvalue weighted by atomic mass is 10.2. The van der Waals surface area contributed by atoms with Gasteiger partial charge in [-0.05, 0) is 55.5 Å². The molecule has 0 fully saturated rings. The van der Waals surface area contributed by atoms with Crippen LogP contribution < -0.4 is 21.1 Å². The van der Waals surface area contributed by atoms with Gasteiger partial charge in [-0.15, -0.1) is 0 Å². The highest BCUT2D eigenvalue weighted by Crippen LogP contribution is 2.16. The molecule has 0 aliphatic rings. The van der Waals surface area contributed by atoms with Crippen molar-refractivity contribution in [3.05, 3.63) is 54.1 Å². The van der Waals surface area contributed by atoms with Crippen LogP contribution in [0.4, 0.5) is 16.2 Å². The summed E-state index contributed by atoms with van der Waals surface area (Å²) in [6.07, 6.45) is -0.721. The van der Waals surface area contributed by atoms with Gasteiger partial charge in [0, 0.05) is 11.4 Å². The second-order valence-corrected chi connectivity index (χ2v) is 4.95. The minimum absolute atomic E-state index is 0.324. The van der Waals surface area contributed by atoms with Gasteiger partial charge >= 0.3 is 6.03 Å². The first-order valence-corrected chi connectivity index (χ1v) is 7.12. The number of hydrogen-bond acceptors (Lipinski definition) is 4. The molecule has 3 amide bonds. The number of urea groups is 1. The van der Waals surface area contributed by atoms with Gasteiger partial charge in [0.15, 0.2) is 6.10 Å². The van der Waals surface area contributed by atoms with Crippen molar-refractivity contribution in [2.24, 2.45) is 5.73 Å². The van der Waals surface area contributed by atoms with Gasteiger partial charge in [-0.2, -0.15) is 5.26 Å². The number of anilines is 2. The van der Waals surface area contributed by atoms with E-state index in [9.17, 15) is 9.59 Å². The Balaban J connectivity index is 1.93. The van der Waals surface area contributed by atoms with E-state index in [0.29, 0.717) is 22.7 Å². The third-order valence-corrected chi connectivity index (χ3v) is 3.09. The first-order valence-electron chi connectivity index (χ1n) is 7.12. The van der Waals surface area contributed by atoms with Crippen molar-refractivity contribution >= 4 is 23.3 Å². The van der Waals surface area contributed by atoms with Crippen LogP contribution in [0.25, 0.3) is 0 Å². The molecule has 2 aromatic rings. The average Bonchev–Trinajstić information content (AvgIpc) is 2.56. The smallest absolute Gasteiger partial charge is 0.316 e. The Kier molecular flexibility index (Phi) is 5.36. The Morgan fingerprint density at radius 1 is 1.04 bits per heavy atom. The summed E-state index contributed by atoms with van der Waals surface area (Å²) >= 11 is 0. The Morgan fingerprint density at radius 3 is 2.08 bits per heavy atom. The van der Waals surface area contributed by atoms with Crippen molar-refractivity contribution in [1.82, 2.24) is 0 Å². The summed E-state index contributed by atoms with van der Waals surface area (Å²) in [6.45, 7) is 1.62. The molecule has 2 rings (SSSR count). The number of hydrogen-bond donors (Lipinski definition) is 3. The number of benzene rings is 2. The second-order valence-electron chi connectivity index (χ2n) is 4.95. The van der Waals surface area contributed by atoms with Crippen molar-refractivity contribution < 1.29 is 14.3 Å². The van der Waals surface area contributed by atoms with E-state index in [1.807, 2.05) is 6.07 Å². The number of amides is 3. The number of carbonyl (C=O) groups excluding carboxylic acids is 2. The standard InChI is InChI=1S/C17H16N4O3/c1-11(24-15-8-2-12(10-18)3-9-15)16(22)20-13-4-6-14(7-5-13)21-17(19)23/h2-9,11H,1H3,(H,20,22)(H3,19,21,23). The topological polar surface area (TPSA) is 117 Å². The van der Waals surface area contributed by atoms with Gasteiger partial charge in [-0.1, -0.05) is 0 Å². The Hall–Kier alpha value is -3.53. The molecule has 0 saturated carbocycles. The van der Waals surface area contributed by atoms with E-state index < -0.39 is 12.1 Å². The highest BCUT2D eigenvalue weighted by molar-refractivity contribution is 5.94. The first-order chi connectivity index (χ1) is 11.5. The molecule has 0 spiro atoms. The monoisotopic (exact) mass is 324 g/mol. The third kappa shape index (κ3) is 4.74. The average molecular weight is 324 g/mol. The number of ether oxygens (including phenoxy) is 1. The fourth-order valence-corrected chi connectivity index (χ4v) is 1.89. The summed E-state index contributed by atoms with van der Waals surface area (Å²) in [5, 5.41) is 13.9. The van der Waals surface area contributed by atoms with E-state index in [-0.39, 0.29) is 5.91 Å². The molecule has 1 unspecified atom stereocenters. The molecule has 7 heteroatoms. The lowest BCUT2D eigenvalue weighted by Crippen LogP contribution is -2.30. The van der Waals surface area contributed by atoms with Crippen LogP contribution in [0.15, 0.2) is 48.5 Å². The predicted octanol–water partition coefficient (Wildman–Crippen LogP) is 2.45. The fraction of sp³-hybridized carbons (Fsp3) is 0.118. The van der Waals surface area contributed by atoms with Crippen LogP contribution >= 0.6 is 0 Å². The Bertz CT molecular complexity index is 764. The van der Waals surface area contributed by atoms with Crippen molar-refractivity contribution in [3.63, 3.8) is 0 Å². The summed E-state index contributed by atoms with van der Waals surface area (Å²) in [5.74, 6) is 0.174. The van der Waals surface area contributed by atoms with Gasteiger partial charge in [-0.3, -0.25) is 4.79 Å². The molecular formula is C17H16N4O3. The zero-order valence-corrected chi connectivity index (χ0v) is 12.9. The third-order valence-electron chi connectivity index (χ3n) is 3.09. The molecule has 0 bridgehead atoms. The molecule has 0 aliphatic heterocycles. The highest BCUT2D eigenvalue weighted by Gasteiger charge is 2.15. The Morgan fingerprint density at radius 2 is 1.58 bits per heavy atom. The molecule has 0 aliphatic carbocycles. The van der Waals surface area contributed by atoms with E-state index in [4.69, 9.17) is 15.7 Å². The van der Waals surface area contributed by atoms with Gasteiger partial charge in [0.2, 0.25) is 0 Å². The number of nitriles is 1. The summed E-state index contributed by atoms with van der Waals surface area (Å²) < 4.78 is 5.53. The van der Waals surface area contributed by atoms with Gasteiger partial charge < -0.3 is 21.1 Å². The number of carbonyl (C=O) groups is 2. The minimum atomic E-state index is -0.721. The van der Waals surface area contributed by atoms with E-state index in [0.717, 1.165) is 0 Å². The number of rotatable bonds is 5. The SMILES string of the molecule is CC(Oc1ccc(C#N)cc1)C(=O)Nc1ccc(NC(N)=O)cc1. The van der Waals surface area contributed by atoms with Gasteiger partial charge in [0.1, 0.15) is 5.75 Å². The van der Waals surface area contributed by atoms with Crippen LogP contribution in [0.1, 0.15) is 12.5 Å². The van der Waals surface area contributed by atoms with Gasteiger partial charge in [0.25, 0.3) is 5.91 Å². The van der Waals surface area contributed by atoms with E-state index in [1.54, 1.807) is 55.5 Å². The number of nitrogens with two attached hydrogens (primary N) is 1. The second kappa shape index (κ2) is 7.65. The van der Waals surface area contributed by atoms with Crippen molar-refractivity contribution in [1.29, 1.82) is 5.26 Å². The quantitative estimate of drug-likeness (QED) is 0.783. The first kappa shape index (κ1) is 16.8. The van der Waals surface area contributed by atoms with Crippen LogP contribution in [0.5, 0.6) is 5.75 Å². The molecule has 1 atom stereocenters. The minimum Gasteiger partial charge on any atom is -0.481 e. The number of nitrogens with zero attached hydrogens (tertiary/aromatic N) is 1. The van der Waals surface area contributed by atoms with E-state index >= 15 is 0 Å². The normalized spacial score (nSPS) is 11.0. The highest BCUT2D eigenvalue weighted by atomic mass is 16.5. The van der Waals surface area contributed by atoms with Crippen LogP contribution in [-0.2, 0) is 4.79 Å². The maximum Gasteiger partial charge on any atom is 0.316 e. The number of nitrogens with one attached hydrogen (secondary N) is 2. The molecule has 0 aromatic heterocycles. The van der Waals surface area contributed by atoms with Gasteiger partial charge in [0.05, 0.1) is 11.6 Å². The van der Waals surface area contributed by atoms with E-state index in [1.165, 1.54) is 0 Å². The van der Waals surface area contributed by atoms with Gasteiger partial charge in [-0.25, -0.2) is 4.79 Å². The Labute approximate surface area is 139 Å². The molecule has 0 heterocycles. The van der Waals surface area contributed by atoms with Crippen LogP contribution in [-0.4, -0.2) is 18.0 Å². The van der Waals surface area contributed by atoms with Crippen molar-refractivity contribution in [2.75, 3.05) is 10.6 Å². The summed E-state index contributed by atoms with van der Waals surface area (Å²) in [7, 11) is 0. The largest absolute Gasteiger partial charge is 0.481 e. The van der Waals surface area contributed by atoms with Crippen molar-refractivity contribution in [2.45, 2.75) is 13.0 Å². The zero-order valence-electron chi connectivity index (χ0n) is 12.9. The maximum atomic E-state index is 12.1. The molecule has 0 radical (unpaired) electrons. The predicted molar refractivity (Wildman–Crippen MR) is 89.5 cm³/mol. The molecule has 0 saturated heterocycles. The van der Waals surface area contributed by atoms with Crippen LogP contribution in [0, 0.1) is 11.3 Å². The molecule has 7 nitrogen and oxygen atoms in total. The molecule has 4 N–H and O–H groups in total. The summed E-state index contributed by atoms with van der Waals surface area (Å²) in [5.41, 5.74) is 6.63. The lowest BCUT2D eigenvalue weighted by Gasteiger charge is -2.15. The number of primary amides is 1. The fourth-order valence-electron chi connectivity index (χ4n) is 1.89. The van der Waals surface area contributed by atoms with Crippen LogP contribution in [0.2, 0.25) is 0 Å². The molecule has 2 aromatic carbocycles. The molecular weight excluding hydrogens is 308 g/mol. The van der Waals surface area contributed by atoms with Crippen LogP contribution in [0.3, 0.4) is 0 Å². The zero-order chi connectivity index (χ0) is 17.5. The van der Waals surface area contributed by atoms with E-state index in [2.05, 4.69) is 10.6 Å². The molecule has 24 heavy (non-hydrogen) atoms. The maximum absolute atomic E-state index is 12.1. The summed E-state index contributed by atoms with van der Waals surface area (Å²) in [4.78, 5) is 22.9. The van der Waals surface area contributed by atoms with Crippen molar-refractivity contribution in [3.8, 4) is 11.8 Å². The molecule has 122 valence electrons. The summed E-state index contributed by atoms with van der Waals surface area (Å²) in [6, 6.07) is 14.4.